The summed E-state index contributed by atoms with van der Waals surface area (Å²) < 4.78 is 1.55. The van der Waals surface area contributed by atoms with Crippen molar-refractivity contribution in [2.45, 2.75) is 38.3 Å². The number of rotatable bonds is 7. The lowest BCUT2D eigenvalue weighted by molar-refractivity contribution is -0.136. The monoisotopic (exact) mass is 611 g/mol. The molecule has 0 saturated carbocycles. The zero-order valence-electron chi connectivity index (χ0n) is 24.3. The summed E-state index contributed by atoms with van der Waals surface area (Å²) in [5.41, 5.74) is 1.36. The van der Waals surface area contributed by atoms with E-state index in [1.54, 1.807) is 60.6 Å². The fourth-order valence-electron chi connectivity index (χ4n) is 4.92. The Morgan fingerprint density at radius 3 is 2.70 bits per heavy atom. The first-order valence-corrected chi connectivity index (χ1v) is 14.7. The lowest BCUT2D eigenvalue weighted by Gasteiger charge is -2.38. The van der Waals surface area contributed by atoms with Gasteiger partial charge in [-0.15, -0.1) is 11.3 Å². The third-order valence-electron chi connectivity index (χ3n) is 7.74. The van der Waals surface area contributed by atoms with Gasteiger partial charge in [-0.05, 0) is 44.5 Å². The molecule has 2 aromatic heterocycles. The number of hydrogen-bond donors (Lipinski definition) is 2. The number of nitriles is 1. The van der Waals surface area contributed by atoms with Gasteiger partial charge >= 0.3 is 0 Å². The van der Waals surface area contributed by atoms with Crippen molar-refractivity contribution in [3.63, 3.8) is 0 Å². The molecule has 0 aliphatic carbocycles. The molecule has 2 fully saturated rings. The van der Waals surface area contributed by atoms with Crippen molar-refractivity contribution in [2.75, 3.05) is 30.4 Å². The summed E-state index contributed by atoms with van der Waals surface area (Å²) in [6.45, 7) is 4.70. The number of hydrogen-bond acceptors (Lipinski definition) is 9. The Morgan fingerprint density at radius 2 is 2.02 bits per heavy atom. The lowest BCUT2D eigenvalue weighted by atomic mass is 9.97. The molecule has 224 valence electrons. The van der Waals surface area contributed by atoms with Gasteiger partial charge in [0.15, 0.2) is 6.29 Å². The number of thiophene rings is 1. The molecule has 1 aromatic carbocycles. The van der Waals surface area contributed by atoms with E-state index in [0.717, 1.165) is 5.69 Å². The van der Waals surface area contributed by atoms with Crippen molar-refractivity contribution in [1.82, 2.24) is 20.0 Å². The van der Waals surface area contributed by atoms with Gasteiger partial charge in [0.1, 0.15) is 22.5 Å². The first-order chi connectivity index (χ1) is 21.0. The first kappa shape index (κ1) is 30.2. The molecule has 0 bridgehead atoms. The van der Waals surface area contributed by atoms with Crippen molar-refractivity contribution in [2.24, 2.45) is 5.92 Å². The number of likely N-dealkylation sites (N-methyl/N-ethyl adjacent to an activating group) is 1. The largest absolute Gasteiger partial charge is 0.369 e. The number of nitrogens with zero attached hydrogens (tertiary/aromatic N) is 5. The number of imide groups is 1. The van der Waals surface area contributed by atoms with E-state index in [9.17, 15) is 24.0 Å². The smallest absolute Gasteiger partial charge is 0.255 e. The second kappa shape index (κ2) is 12.1. The van der Waals surface area contributed by atoms with Crippen molar-refractivity contribution in [3.8, 4) is 17.9 Å². The van der Waals surface area contributed by atoms with Crippen LogP contribution in [-0.4, -0.2) is 70.8 Å². The van der Waals surface area contributed by atoms with Crippen molar-refractivity contribution < 1.29 is 24.0 Å². The summed E-state index contributed by atoms with van der Waals surface area (Å²) in [5, 5.41) is 20.1. The number of amides is 4. The van der Waals surface area contributed by atoms with Crippen LogP contribution >= 0.6 is 11.3 Å². The summed E-state index contributed by atoms with van der Waals surface area (Å²) >= 11 is 1.25. The van der Waals surface area contributed by atoms with E-state index in [1.807, 2.05) is 4.90 Å². The molecule has 44 heavy (non-hydrogen) atoms. The van der Waals surface area contributed by atoms with Crippen LogP contribution in [0, 0.1) is 29.1 Å². The van der Waals surface area contributed by atoms with E-state index < -0.39 is 23.4 Å². The normalized spacial score (nSPS) is 16.6. The Bertz CT molecular complexity index is 1770. The number of anilines is 2. The van der Waals surface area contributed by atoms with Crippen LogP contribution in [0.25, 0.3) is 0 Å². The van der Waals surface area contributed by atoms with Gasteiger partial charge in [-0.3, -0.25) is 34.0 Å². The summed E-state index contributed by atoms with van der Waals surface area (Å²) in [7, 11) is 1.49. The fraction of sp³-hybridized carbons (Fsp3) is 0.323. The Balaban J connectivity index is 1.21. The van der Waals surface area contributed by atoms with Crippen LogP contribution in [-0.2, 0) is 19.9 Å². The number of benzene rings is 1. The topological polar surface area (TPSA) is 157 Å². The number of piperidine rings is 1. The van der Waals surface area contributed by atoms with E-state index in [4.69, 9.17) is 5.26 Å². The van der Waals surface area contributed by atoms with Gasteiger partial charge in [0.05, 0.1) is 28.9 Å². The maximum Gasteiger partial charge on any atom is 0.255 e. The molecular weight excluding hydrogens is 582 g/mol. The Hall–Kier alpha value is -5.27. The van der Waals surface area contributed by atoms with E-state index in [-0.39, 0.29) is 41.7 Å². The SMILES string of the molecule is CN(C(=O)c1cc(N2CC(C#Cc3cnn(C(C)(C)C(=O)Nc4csc(C#N)c4)c3)C2)ccc1C=O)C1CCC(=O)NC1=O. The molecule has 3 aromatic rings. The predicted octanol–water partition coefficient (Wildman–Crippen LogP) is 2.37. The first-order valence-electron chi connectivity index (χ1n) is 13.8. The van der Waals surface area contributed by atoms with Crippen LogP contribution in [0.4, 0.5) is 11.4 Å². The summed E-state index contributed by atoms with van der Waals surface area (Å²) in [5.74, 6) is 4.75. The van der Waals surface area contributed by atoms with Gasteiger partial charge in [-0.1, -0.05) is 11.8 Å². The number of nitrogens with one attached hydrogen (secondary N) is 2. The molecule has 4 amide bonds. The molecule has 5 rings (SSSR count). The molecule has 1 atom stereocenters. The summed E-state index contributed by atoms with van der Waals surface area (Å²) in [6, 6.07) is 7.87. The molecule has 4 heterocycles. The summed E-state index contributed by atoms with van der Waals surface area (Å²) in [6.07, 6.45) is 4.28. The van der Waals surface area contributed by atoms with Crippen molar-refractivity contribution in [1.29, 1.82) is 5.26 Å². The van der Waals surface area contributed by atoms with Crippen LogP contribution in [0.2, 0.25) is 0 Å². The van der Waals surface area contributed by atoms with E-state index in [0.29, 0.717) is 35.5 Å². The number of carbonyl (C=O) groups is 5. The highest BCUT2D eigenvalue weighted by atomic mass is 32.1. The van der Waals surface area contributed by atoms with Gasteiger partial charge in [-0.25, -0.2) is 0 Å². The average molecular weight is 612 g/mol. The minimum Gasteiger partial charge on any atom is -0.369 e. The Labute approximate surface area is 257 Å². The maximum atomic E-state index is 13.3. The molecule has 0 radical (unpaired) electrons. The summed E-state index contributed by atoms with van der Waals surface area (Å²) in [4.78, 5) is 65.5. The molecule has 1 unspecified atom stereocenters. The number of carbonyl (C=O) groups excluding carboxylic acids is 5. The molecular formula is C31H29N7O5S. The van der Waals surface area contributed by atoms with Crippen LogP contribution in [0.3, 0.4) is 0 Å². The third-order valence-corrected chi connectivity index (χ3v) is 8.57. The predicted molar refractivity (Wildman–Crippen MR) is 162 cm³/mol. The molecule has 13 heteroatoms. The maximum absolute atomic E-state index is 13.3. The lowest BCUT2D eigenvalue weighted by Crippen LogP contribution is -2.53. The van der Waals surface area contributed by atoms with Crippen LogP contribution in [0.15, 0.2) is 42.0 Å². The third kappa shape index (κ3) is 6.09. The van der Waals surface area contributed by atoms with Gasteiger partial charge < -0.3 is 15.1 Å². The molecule has 0 spiro atoms. The molecule has 2 N–H and O–H groups in total. The van der Waals surface area contributed by atoms with E-state index in [2.05, 4.69) is 33.6 Å². The minimum absolute atomic E-state index is 0.0543. The molecule has 2 aliphatic heterocycles. The van der Waals surface area contributed by atoms with Gasteiger partial charge in [0.2, 0.25) is 11.8 Å². The van der Waals surface area contributed by atoms with Crippen molar-refractivity contribution >= 4 is 52.6 Å². The molecule has 2 saturated heterocycles. The number of aldehydes is 1. The Kier molecular flexibility index (Phi) is 8.34. The Morgan fingerprint density at radius 1 is 1.25 bits per heavy atom. The minimum atomic E-state index is -1.00. The van der Waals surface area contributed by atoms with Gasteiger partial charge in [-0.2, -0.15) is 10.4 Å². The zero-order valence-corrected chi connectivity index (χ0v) is 25.1. The second-order valence-electron chi connectivity index (χ2n) is 11.1. The number of aromatic nitrogens is 2. The van der Waals surface area contributed by atoms with Gasteiger partial charge in [0, 0.05) is 49.4 Å². The fourth-order valence-corrected chi connectivity index (χ4v) is 5.55. The highest BCUT2D eigenvalue weighted by molar-refractivity contribution is 7.11. The van der Waals surface area contributed by atoms with Crippen LogP contribution in [0.1, 0.15) is 57.8 Å². The second-order valence-corrected chi connectivity index (χ2v) is 12.1. The molecule has 12 nitrogen and oxygen atoms in total. The standard InChI is InChI=1S/C31H29N7O5S/c1-31(2,30(43)34-22-10-24(12-32)44-18-22)38-16-19(13-33-38)4-5-20-14-37(15-20)23-7-6-21(17-39)25(11-23)29(42)36(3)26-8-9-27(40)35-28(26)41/h6-7,10-11,13,16-18,20,26H,8-9,14-15H2,1-3H3,(H,34,43)(H,35,40,41). The van der Waals surface area contributed by atoms with E-state index >= 15 is 0 Å². The average Bonchev–Trinajstić information content (AvgIpc) is 3.65. The molecule has 2 aliphatic rings. The highest BCUT2D eigenvalue weighted by Crippen LogP contribution is 2.28. The van der Waals surface area contributed by atoms with Crippen LogP contribution in [0.5, 0.6) is 0 Å². The highest BCUT2D eigenvalue weighted by Gasteiger charge is 2.34. The van der Waals surface area contributed by atoms with Crippen molar-refractivity contribution in [3.05, 3.63) is 63.6 Å². The van der Waals surface area contributed by atoms with E-state index in [1.165, 1.54) is 23.3 Å². The van der Waals surface area contributed by atoms with Gasteiger partial charge in [0.25, 0.3) is 11.8 Å². The van der Waals surface area contributed by atoms with Crippen LogP contribution < -0.4 is 15.5 Å². The zero-order chi connectivity index (χ0) is 31.6. The quantitative estimate of drug-likeness (QED) is 0.234.